The summed E-state index contributed by atoms with van der Waals surface area (Å²) in [6.07, 6.45) is 0. The molecule has 0 bridgehead atoms. The van der Waals surface area contributed by atoms with Crippen LogP contribution in [0.15, 0.2) is 46.9 Å². The quantitative estimate of drug-likeness (QED) is 0.860. The van der Waals surface area contributed by atoms with Gasteiger partial charge >= 0.3 is 0 Å². The molecule has 0 aliphatic carbocycles. The normalized spacial score (nSPS) is 10.2. The first-order valence-electron chi connectivity index (χ1n) is 6.10. The van der Waals surface area contributed by atoms with Crippen LogP contribution in [0.3, 0.4) is 0 Å². The fourth-order valence-corrected chi connectivity index (χ4v) is 2.65. The third-order valence-electron chi connectivity index (χ3n) is 2.58. The minimum atomic E-state index is -0.208. The van der Waals surface area contributed by atoms with Gasteiger partial charge in [0.2, 0.25) is 0 Å². The maximum Gasteiger partial charge on any atom is 0.255 e. The van der Waals surface area contributed by atoms with E-state index in [1.165, 1.54) is 0 Å². The lowest BCUT2D eigenvalue weighted by Crippen LogP contribution is -2.13. The highest BCUT2D eigenvalue weighted by Gasteiger charge is 2.13. The van der Waals surface area contributed by atoms with Crippen LogP contribution in [0.5, 0.6) is 5.75 Å². The summed E-state index contributed by atoms with van der Waals surface area (Å²) in [6, 6.07) is 12.4. The van der Waals surface area contributed by atoms with E-state index in [1.54, 1.807) is 24.3 Å². The molecular formula is C15H13BrClNO2. The van der Waals surface area contributed by atoms with E-state index in [4.69, 9.17) is 16.3 Å². The third-order valence-corrected chi connectivity index (χ3v) is 3.39. The topological polar surface area (TPSA) is 38.3 Å². The third kappa shape index (κ3) is 3.52. The Hall–Kier alpha value is -1.52. The van der Waals surface area contributed by atoms with Crippen LogP contribution in [0.25, 0.3) is 0 Å². The number of amides is 1. The molecule has 0 spiro atoms. The Morgan fingerprint density at radius 1 is 1.30 bits per heavy atom. The average Bonchev–Trinajstić information content (AvgIpc) is 2.43. The Bertz CT molecular complexity index is 617. The zero-order chi connectivity index (χ0) is 14.5. The Balaban J connectivity index is 2.31. The standard InChI is InChI=1S/C15H13BrClNO2/c1-2-20-14-12(16)8-11(17)9-13(14)18-15(19)10-6-4-3-5-7-10/h3-9H,2H2,1H3,(H,18,19). The molecule has 0 aliphatic heterocycles. The first-order chi connectivity index (χ1) is 9.61. The molecule has 0 aliphatic rings. The largest absolute Gasteiger partial charge is 0.491 e. The van der Waals surface area contributed by atoms with Gasteiger partial charge < -0.3 is 10.1 Å². The van der Waals surface area contributed by atoms with Gasteiger partial charge in [-0.3, -0.25) is 4.79 Å². The molecule has 1 amide bonds. The van der Waals surface area contributed by atoms with E-state index in [0.29, 0.717) is 33.1 Å². The summed E-state index contributed by atoms with van der Waals surface area (Å²) in [5, 5.41) is 3.33. The fraction of sp³-hybridized carbons (Fsp3) is 0.133. The maximum atomic E-state index is 12.2. The SMILES string of the molecule is CCOc1c(Br)cc(Cl)cc1NC(=O)c1ccccc1. The fourth-order valence-electron chi connectivity index (χ4n) is 1.73. The molecule has 0 atom stereocenters. The van der Waals surface area contributed by atoms with Gasteiger partial charge in [-0.15, -0.1) is 0 Å². The van der Waals surface area contributed by atoms with Gasteiger partial charge in [-0.05, 0) is 47.1 Å². The van der Waals surface area contributed by atoms with Crippen LogP contribution in [-0.2, 0) is 0 Å². The van der Waals surface area contributed by atoms with Gasteiger partial charge in [0.1, 0.15) is 0 Å². The van der Waals surface area contributed by atoms with Crippen molar-refractivity contribution in [3.05, 3.63) is 57.5 Å². The molecule has 0 heterocycles. The molecule has 0 saturated heterocycles. The molecule has 20 heavy (non-hydrogen) atoms. The summed E-state index contributed by atoms with van der Waals surface area (Å²) in [5.41, 5.74) is 1.12. The van der Waals surface area contributed by atoms with Crippen molar-refractivity contribution >= 4 is 39.1 Å². The second-order valence-electron chi connectivity index (χ2n) is 4.02. The first kappa shape index (κ1) is 14.9. The lowest BCUT2D eigenvalue weighted by molar-refractivity contribution is 0.102. The van der Waals surface area contributed by atoms with Gasteiger partial charge in [-0.25, -0.2) is 0 Å². The smallest absolute Gasteiger partial charge is 0.255 e. The van der Waals surface area contributed by atoms with Crippen molar-refractivity contribution in [1.29, 1.82) is 0 Å². The van der Waals surface area contributed by atoms with E-state index in [2.05, 4.69) is 21.2 Å². The molecule has 2 aromatic carbocycles. The molecule has 5 heteroatoms. The minimum absolute atomic E-state index is 0.208. The van der Waals surface area contributed by atoms with Crippen molar-refractivity contribution < 1.29 is 9.53 Å². The summed E-state index contributed by atoms with van der Waals surface area (Å²) in [6.45, 7) is 2.37. The van der Waals surface area contributed by atoms with Gasteiger partial charge in [0.05, 0.1) is 16.8 Å². The number of ether oxygens (including phenoxy) is 1. The highest BCUT2D eigenvalue weighted by molar-refractivity contribution is 9.10. The van der Waals surface area contributed by atoms with E-state index in [9.17, 15) is 4.79 Å². The van der Waals surface area contributed by atoms with Crippen LogP contribution < -0.4 is 10.1 Å². The number of nitrogens with one attached hydrogen (secondary N) is 1. The highest BCUT2D eigenvalue weighted by Crippen LogP contribution is 2.36. The Kier molecular flexibility index (Phi) is 5.04. The van der Waals surface area contributed by atoms with Crippen LogP contribution in [0.4, 0.5) is 5.69 Å². The first-order valence-corrected chi connectivity index (χ1v) is 7.27. The summed E-state index contributed by atoms with van der Waals surface area (Å²) in [5.74, 6) is 0.363. The second kappa shape index (κ2) is 6.77. The molecule has 104 valence electrons. The highest BCUT2D eigenvalue weighted by atomic mass is 79.9. The van der Waals surface area contributed by atoms with Crippen LogP contribution in [0.1, 0.15) is 17.3 Å². The molecule has 2 aromatic rings. The van der Waals surface area contributed by atoms with Gasteiger partial charge in [0, 0.05) is 10.6 Å². The van der Waals surface area contributed by atoms with Gasteiger partial charge in [-0.1, -0.05) is 29.8 Å². The summed E-state index contributed by atoms with van der Waals surface area (Å²) in [7, 11) is 0. The van der Waals surface area contributed by atoms with E-state index in [1.807, 2.05) is 25.1 Å². The van der Waals surface area contributed by atoms with Crippen molar-refractivity contribution in [2.45, 2.75) is 6.92 Å². The Labute approximate surface area is 131 Å². The van der Waals surface area contributed by atoms with Crippen molar-refractivity contribution in [2.24, 2.45) is 0 Å². The van der Waals surface area contributed by atoms with Crippen LogP contribution in [0, 0.1) is 0 Å². The van der Waals surface area contributed by atoms with Crippen LogP contribution in [-0.4, -0.2) is 12.5 Å². The number of anilines is 1. The molecule has 0 radical (unpaired) electrons. The van der Waals surface area contributed by atoms with Crippen molar-refractivity contribution in [3.63, 3.8) is 0 Å². The van der Waals surface area contributed by atoms with Gasteiger partial charge in [0.15, 0.2) is 5.75 Å². The molecular weight excluding hydrogens is 342 g/mol. The Morgan fingerprint density at radius 2 is 2.00 bits per heavy atom. The number of halogens is 2. The average molecular weight is 355 g/mol. The molecule has 0 fully saturated rings. The molecule has 0 aromatic heterocycles. The van der Waals surface area contributed by atoms with Crippen LogP contribution in [0.2, 0.25) is 5.02 Å². The lowest BCUT2D eigenvalue weighted by Gasteiger charge is -2.14. The van der Waals surface area contributed by atoms with E-state index < -0.39 is 0 Å². The number of rotatable bonds is 4. The van der Waals surface area contributed by atoms with Crippen molar-refractivity contribution in [2.75, 3.05) is 11.9 Å². The molecule has 1 N–H and O–H groups in total. The van der Waals surface area contributed by atoms with E-state index >= 15 is 0 Å². The zero-order valence-electron chi connectivity index (χ0n) is 10.8. The number of hydrogen-bond acceptors (Lipinski definition) is 2. The molecule has 3 nitrogen and oxygen atoms in total. The summed E-state index contributed by atoms with van der Waals surface area (Å²) < 4.78 is 6.24. The predicted molar refractivity (Wildman–Crippen MR) is 84.7 cm³/mol. The Morgan fingerprint density at radius 3 is 2.65 bits per heavy atom. The minimum Gasteiger partial charge on any atom is -0.491 e. The number of carbonyl (C=O) groups is 1. The van der Waals surface area contributed by atoms with Crippen molar-refractivity contribution in [1.82, 2.24) is 0 Å². The molecule has 0 unspecified atom stereocenters. The van der Waals surface area contributed by atoms with E-state index in [0.717, 1.165) is 0 Å². The monoisotopic (exact) mass is 353 g/mol. The maximum absolute atomic E-state index is 12.2. The predicted octanol–water partition coefficient (Wildman–Crippen LogP) is 4.75. The second-order valence-corrected chi connectivity index (χ2v) is 5.31. The summed E-state index contributed by atoms with van der Waals surface area (Å²) in [4.78, 5) is 12.2. The number of hydrogen-bond donors (Lipinski definition) is 1. The summed E-state index contributed by atoms with van der Waals surface area (Å²) >= 11 is 9.40. The van der Waals surface area contributed by atoms with E-state index in [-0.39, 0.29) is 5.91 Å². The van der Waals surface area contributed by atoms with Gasteiger partial charge in [0.25, 0.3) is 5.91 Å². The van der Waals surface area contributed by atoms with Crippen molar-refractivity contribution in [3.8, 4) is 5.75 Å². The number of carbonyl (C=O) groups excluding carboxylic acids is 1. The molecule has 0 saturated carbocycles. The lowest BCUT2D eigenvalue weighted by atomic mass is 10.2. The van der Waals surface area contributed by atoms with Crippen LogP contribution >= 0.6 is 27.5 Å². The zero-order valence-corrected chi connectivity index (χ0v) is 13.2. The van der Waals surface area contributed by atoms with Gasteiger partial charge in [-0.2, -0.15) is 0 Å². The molecule has 2 rings (SSSR count). The number of benzene rings is 2.